The van der Waals surface area contributed by atoms with Crippen molar-refractivity contribution in [2.75, 3.05) is 7.11 Å². The number of ether oxygens (including phenoxy) is 1. The van der Waals surface area contributed by atoms with Gasteiger partial charge in [0.1, 0.15) is 5.75 Å². The minimum atomic E-state index is -0.497. The lowest BCUT2D eigenvalue weighted by atomic mass is 9.87. The van der Waals surface area contributed by atoms with E-state index >= 15 is 0 Å². The second-order valence-corrected chi connectivity index (χ2v) is 7.22. The smallest absolute Gasteiger partial charge is 0.119 e. The quantitative estimate of drug-likeness (QED) is 0.910. The van der Waals surface area contributed by atoms with Crippen molar-refractivity contribution in [2.45, 2.75) is 48.2 Å². The van der Waals surface area contributed by atoms with Crippen LogP contribution >= 0.6 is 11.8 Å². The van der Waals surface area contributed by atoms with Crippen LogP contribution in [0.25, 0.3) is 0 Å². The second-order valence-electron chi connectivity index (χ2n) is 5.62. The van der Waals surface area contributed by atoms with Crippen LogP contribution < -0.4 is 4.74 Å². The van der Waals surface area contributed by atoms with E-state index in [9.17, 15) is 5.11 Å². The summed E-state index contributed by atoms with van der Waals surface area (Å²) in [5.74, 6) is 0.879. The maximum absolute atomic E-state index is 10.8. The van der Waals surface area contributed by atoms with Crippen LogP contribution in [0, 0.1) is 0 Å². The zero-order chi connectivity index (χ0) is 12.6. The lowest BCUT2D eigenvalue weighted by molar-refractivity contribution is 0.0242. The van der Waals surface area contributed by atoms with Crippen molar-refractivity contribution in [3.8, 4) is 5.75 Å². The fourth-order valence-electron chi connectivity index (χ4n) is 3.32. The third-order valence-electron chi connectivity index (χ3n) is 4.08. The summed E-state index contributed by atoms with van der Waals surface area (Å²) in [7, 11) is 1.69. The van der Waals surface area contributed by atoms with Crippen molar-refractivity contribution in [3.05, 3.63) is 29.8 Å². The average Bonchev–Trinajstić information content (AvgIpc) is 2.69. The number of aliphatic hydroxyl groups is 1. The van der Waals surface area contributed by atoms with Gasteiger partial charge in [0, 0.05) is 16.9 Å². The molecule has 98 valence electrons. The summed E-state index contributed by atoms with van der Waals surface area (Å²) >= 11 is 2.09. The predicted octanol–water partition coefficient (Wildman–Crippen LogP) is 3.03. The van der Waals surface area contributed by atoms with Gasteiger partial charge in [0.05, 0.1) is 12.7 Å². The van der Waals surface area contributed by atoms with E-state index in [1.165, 1.54) is 18.4 Å². The van der Waals surface area contributed by atoms with Crippen LogP contribution in [0.4, 0.5) is 0 Å². The van der Waals surface area contributed by atoms with E-state index in [1.807, 2.05) is 18.2 Å². The zero-order valence-electron chi connectivity index (χ0n) is 10.8. The lowest BCUT2D eigenvalue weighted by Gasteiger charge is -2.36. The normalized spacial score (nSPS) is 34.6. The van der Waals surface area contributed by atoms with Crippen molar-refractivity contribution >= 4 is 11.8 Å². The summed E-state index contributed by atoms with van der Waals surface area (Å²) in [6.45, 7) is 0. The number of methoxy groups -OCH3 is 1. The molecule has 1 aromatic carbocycles. The first-order chi connectivity index (χ1) is 8.67. The molecule has 3 heteroatoms. The van der Waals surface area contributed by atoms with E-state index in [-0.39, 0.29) is 0 Å². The Balaban J connectivity index is 1.74. The van der Waals surface area contributed by atoms with Gasteiger partial charge in [-0.25, -0.2) is 0 Å². The van der Waals surface area contributed by atoms with Crippen LogP contribution in [0.15, 0.2) is 24.3 Å². The highest BCUT2D eigenvalue weighted by atomic mass is 32.2. The predicted molar refractivity (Wildman–Crippen MR) is 75.3 cm³/mol. The van der Waals surface area contributed by atoms with Crippen LogP contribution in [0.3, 0.4) is 0 Å². The van der Waals surface area contributed by atoms with Gasteiger partial charge in [-0.15, -0.1) is 0 Å². The number of fused-ring (bicyclic) bond motifs is 2. The van der Waals surface area contributed by atoms with Gasteiger partial charge >= 0.3 is 0 Å². The highest BCUT2D eigenvalue weighted by Crippen LogP contribution is 2.48. The van der Waals surface area contributed by atoms with Crippen molar-refractivity contribution in [3.63, 3.8) is 0 Å². The number of thioether (sulfide) groups is 1. The molecule has 1 aromatic rings. The maximum Gasteiger partial charge on any atom is 0.119 e. The van der Waals surface area contributed by atoms with E-state index in [1.54, 1.807) is 7.11 Å². The number of benzene rings is 1. The molecule has 3 rings (SSSR count). The first-order valence-corrected chi connectivity index (χ1v) is 7.62. The fourth-order valence-corrected chi connectivity index (χ4v) is 5.22. The molecule has 2 heterocycles. The summed E-state index contributed by atoms with van der Waals surface area (Å²) < 4.78 is 5.25. The molecule has 2 atom stereocenters. The molecule has 2 aliphatic heterocycles. The minimum absolute atomic E-state index is 0.497. The van der Waals surface area contributed by atoms with Crippen LogP contribution in [-0.2, 0) is 6.42 Å². The van der Waals surface area contributed by atoms with Gasteiger partial charge < -0.3 is 9.84 Å². The lowest BCUT2D eigenvalue weighted by Crippen LogP contribution is -2.39. The van der Waals surface area contributed by atoms with Gasteiger partial charge in [-0.05, 0) is 43.4 Å². The van der Waals surface area contributed by atoms with Gasteiger partial charge in [0.15, 0.2) is 0 Å². The van der Waals surface area contributed by atoms with Crippen molar-refractivity contribution in [1.82, 2.24) is 0 Å². The largest absolute Gasteiger partial charge is 0.497 e. The monoisotopic (exact) mass is 264 g/mol. The molecule has 0 radical (unpaired) electrons. The van der Waals surface area contributed by atoms with Crippen molar-refractivity contribution in [2.24, 2.45) is 0 Å². The summed E-state index contributed by atoms with van der Waals surface area (Å²) in [6.07, 6.45) is 5.24. The SMILES string of the molecule is COc1cccc(CC2(O)CC3CCC(C2)S3)c1. The van der Waals surface area contributed by atoms with E-state index in [4.69, 9.17) is 4.74 Å². The fraction of sp³-hybridized carbons (Fsp3) is 0.600. The molecule has 0 spiro atoms. The molecule has 2 saturated heterocycles. The van der Waals surface area contributed by atoms with E-state index in [0.717, 1.165) is 25.0 Å². The summed E-state index contributed by atoms with van der Waals surface area (Å²) in [5.41, 5.74) is 0.687. The molecule has 18 heavy (non-hydrogen) atoms. The average molecular weight is 264 g/mol. The van der Waals surface area contributed by atoms with Crippen molar-refractivity contribution < 1.29 is 9.84 Å². The van der Waals surface area contributed by atoms with Gasteiger partial charge in [-0.1, -0.05) is 12.1 Å². The molecule has 2 bridgehead atoms. The molecule has 2 nitrogen and oxygen atoms in total. The molecule has 2 fully saturated rings. The van der Waals surface area contributed by atoms with Gasteiger partial charge in [-0.2, -0.15) is 11.8 Å². The molecule has 0 aromatic heterocycles. The van der Waals surface area contributed by atoms with Crippen LogP contribution in [0.2, 0.25) is 0 Å². The molecule has 0 saturated carbocycles. The Morgan fingerprint density at radius 3 is 2.72 bits per heavy atom. The Bertz CT molecular complexity index is 420. The van der Waals surface area contributed by atoms with E-state index < -0.39 is 5.60 Å². The highest BCUT2D eigenvalue weighted by Gasteiger charge is 2.43. The Kier molecular flexibility index (Phi) is 3.29. The van der Waals surface area contributed by atoms with Crippen molar-refractivity contribution in [1.29, 1.82) is 0 Å². The minimum Gasteiger partial charge on any atom is -0.497 e. The molecule has 1 N–H and O–H groups in total. The van der Waals surface area contributed by atoms with Gasteiger partial charge in [0.25, 0.3) is 0 Å². The number of hydrogen-bond acceptors (Lipinski definition) is 3. The number of hydrogen-bond donors (Lipinski definition) is 1. The molecule has 0 amide bonds. The Morgan fingerprint density at radius 2 is 2.06 bits per heavy atom. The van der Waals surface area contributed by atoms with E-state index in [2.05, 4.69) is 17.8 Å². The maximum atomic E-state index is 10.8. The Labute approximate surface area is 113 Å². The summed E-state index contributed by atoms with van der Waals surface area (Å²) in [5, 5.41) is 12.2. The third kappa shape index (κ3) is 2.52. The van der Waals surface area contributed by atoms with Crippen LogP contribution in [0.5, 0.6) is 5.75 Å². The molecule has 0 aliphatic carbocycles. The zero-order valence-corrected chi connectivity index (χ0v) is 11.6. The van der Waals surface area contributed by atoms with Crippen LogP contribution in [-0.4, -0.2) is 28.3 Å². The number of rotatable bonds is 3. The standard InChI is InChI=1S/C15H20O2S/c1-17-12-4-2-3-11(7-12)8-15(16)9-13-5-6-14(10-15)18-13/h2-4,7,13-14,16H,5-6,8-10H2,1H3. The molecular formula is C15H20O2S. The summed E-state index contributed by atoms with van der Waals surface area (Å²) in [4.78, 5) is 0. The third-order valence-corrected chi connectivity index (χ3v) is 5.65. The Hall–Kier alpha value is -0.670. The van der Waals surface area contributed by atoms with Gasteiger partial charge in [-0.3, -0.25) is 0 Å². The Morgan fingerprint density at radius 1 is 1.33 bits per heavy atom. The molecule has 2 aliphatic rings. The topological polar surface area (TPSA) is 29.5 Å². The first kappa shape index (κ1) is 12.4. The second kappa shape index (κ2) is 4.78. The van der Waals surface area contributed by atoms with E-state index in [0.29, 0.717) is 10.5 Å². The van der Waals surface area contributed by atoms with Gasteiger partial charge in [0.2, 0.25) is 0 Å². The highest BCUT2D eigenvalue weighted by molar-refractivity contribution is 8.00. The summed E-state index contributed by atoms with van der Waals surface area (Å²) in [6, 6.07) is 8.09. The molecular weight excluding hydrogens is 244 g/mol. The molecule has 2 unspecified atom stereocenters. The first-order valence-electron chi connectivity index (χ1n) is 6.68. The van der Waals surface area contributed by atoms with Crippen LogP contribution in [0.1, 0.15) is 31.2 Å².